The smallest absolute Gasteiger partial charge is 0.148 e. The van der Waals surface area contributed by atoms with E-state index in [9.17, 15) is 4.39 Å². The molecule has 4 heteroatoms. The molecule has 0 radical (unpaired) electrons. The molecule has 0 atom stereocenters. The summed E-state index contributed by atoms with van der Waals surface area (Å²) < 4.78 is 13.4. The van der Waals surface area contributed by atoms with E-state index in [0.29, 0.717) is 5.02 Å². The molecule has 0 spiro atoms. The normalized spacial score (nSPS) is 11.5. The Balaban J connectivity index is 2.39. The van der Waals surface area contributed by atoms with Gasteiger partial charge in [-0.1, -0.05) is 41.9 Å². The Labute approximate surface area is 104 Å². The van der Waals surface area contributed by atoms with Crippen LogP contribution in [0.1, 0.15) is 5.56 Å². The molecule has 2 aromatic rings. The lowest BCUT2D eigenvalue weighted by atomic mass is 10.2. The molecule has 0 aliphatic carbocycles. The number of amidine groups is 1. The zero-order chi connectivity index (χ0) is 12.3. The van der Waals surface area contributed by atoms with Crippen LogP contribution in [0.2, 0.25) is 5.02 Å². The zero-order valence-electron chi connectivity index (χ0n) is 8.90. The van der Waals surface area contributed by atoms with Crippen LogP contribution >= 0.6 is 11.6 Å². The van der Waals surface area contributed by atoms with Crippen molar-refractivity contribution in [2.75, 3.05) is 0 Å². The second-order valence-corrected chi connectivity index (χ2v) is 3.90. The maximum absolute atomic E-state index is 13.4. The Kier molecular flexibility index (Phi) is 3.40. The summed E-state index contributed by atoms with van der Waals surface area (Å²) in [7, 11) is 0. The molecule has 86 valence electrons. The molecule has 0 aliphatic heterocycles. The highest BCUT2D eigenvalue weighted by Gasteiger charge is 2.03. The average Bonchev–Trinajstić information content (AvgIpc) is 2.35. The van der Waals surface area contributed by atoms with E-state index in [1.807, 2.05) is 18.2 Å². The molecule has 0 saturated heterocycles. The van der Waals surface area contributed by atoms with Crippen LogP contribution in [0, 0.1) is 5.82 Å². The van der Waals surface area contributed by atoms with Crippen LogP contribution in [0.25, 0.3) is 0 Å². The van der Waals surface area contributed by atoms with E-state index in [0.717, 1.165) is 5.56 Å². The highest BCUT2D eigenvalue weighted by Crippen LogP contribution is 2.22. The molecule has 2 aromatic carbocycles. The van der Waals surface area contributed by atoms with Gasteiger partial charge in [0.2, 0.25) is 0 Å². The molecule has 0 saturated carbocycles. The summed E-state index contributed by atoms with van der Waals surface area (Å²) in [5.74, 6) is -0.194. The van der Waals surface area contributed by atoms with Crippen molar-refractivity contribution in [3.63, 3.8) is 0 Å². The first-order chi connectivity index (χ1) is 8.16. The molecule has 0 aliphatic rings. The molecule has 0 fully saturated rings. The fourth-order valence-corrected chi connectivity index (χ4v) is 1.54. The van der Waals surface area contributed by atoms with Crippen molar-refractivity contribution < 1.29 is 4.39 Å². The zero-order valence-corrected chi connectivity index (χ0v) is 9.66. The highest BCUT2D eigenvalue weighted by atomic mass is 35.5. The van der Waals surface area contributed by atoms with E-state index in [-0.39, 0.29) is 11.5 Å². The number of hydrogen-bond donors (Lipinski definition) is 1. The first-order valence-corrected chi connectivity index (χ1v) is 5.39. The molecule has 2 nitrogen and oxygen atoms in total. The summed E-state index contributed by atoms with van der Waals surface area (Å²) in [4.78, 5) is 4.02. The SMILES string of the molecule is NC(=Nc1cc(Cl)ccc1F)c1ccccc1. The lowest BCUT2D eigenvalue weighted by Crippen LogP contribution is -2.12. The number of rotatable bonds is 2. The van der Waals surface area contributed by atoms with Gasteiger partial charge < -0.3 is 5.73 Å². The maximum Gasteiger partial charge on any atom is 0.148 e. The topological polar surface area (TPSA) is 38.4 Å². The number of nitrogens with two attached hydrogens (primary N) is 1. The summed E-state index contributed by atoms with van der Waals surface area (Å²) >= 11 is 5.77. The third-order valence-electron chi connectivity index (χ3n) is 2.22. The van der Waals surface area contributed by atoms with Crippen molar-refractivity contribution in [3.05, 3.63) is 64.9 Å². The second kappa shape index (κ2) is 4.97. The van der Waals surface area contributed by atoms with E-state index < -0.39 is 5.82 Å². The van der Waals surface area contributed by atoms with Crippen LogP contribution in [0.15, 0.2) is 53.5 Å². The van der Waals surface area contributed by atoms with Gasteiger partial charge in [0.05, 0.1) is 0 Å². The molecule has 0 unspecified atom stereocenters. The van der Waals surface area contributed by atoms with E-state index in [1.165, 1.54) is 18.2 Å². The molecule has 2 N–H and O–H groups in total. The van der Waals surface area contributed by atoms with Crippen molar-refractivity contribution in [3.8, 4) is 0 Å². The Morgan fingerprint density at radius 1 is 1.12 bits per heavy atom. The predicted octanol–water partition coefficient (Wildman–Crippen LogP) is 3.52. The lowest BCUT2D eigenvalue weighted by Gasteiger charge is -2.02. The molecule has 0 aromatic heterocycles. The van der Waals surface area contributed by atoms with Gasteiger partial charge in [0.15, 0.2) is 0 Å². The Hall–Kier alpha value is -1.87. The highest BCUT2D eigenvalue weighted by molar-refractivity contribution is 6.30. The quantitative estimate of drug-likeness (QED) is 0.641. The largest absolute Gasteiger partial charge is 0.383 e. The Morgan fingerprint density at radius 3 is 2.53 bits per heavy atom. The Bertz CT molecular complexity index is 553. The van der Waals surface area contributed by atoms with Gasteiger partial charge in [0, 0.05) is 10.6 Å². The van der Waals surface area contributed by atoms with Gasteiger partial charge in [-0.2, -0.15) is 0 Å². The van der Waals surface area contributed by atoms with Gasteiger partial charge in [0.25, 0.3) is 0 Å². The molecular weight excluding hydrogens is 239 g/mol. The van der Waals surface area contributed by atoms with Gasteiger partial charge in [-0.3, -0.25) is 0 Å². The predicted molar refractivity (Wildman–Crippen MR) is 68.2 cm³/mol. The standard InChI is InChI=1S/C13H10ClFN2/c14-10-6-7-11(15)12(8-10)17-13(16)9-4-2-1-3-5-9/h1-8H,(H2,16,17). The average molecular weight is 249 g/mol. The van der Waals surface area contributed by atoms with Crippen LogP contribution in [0.5, 0.6) is 0 Å². The first kappa shape index (κ1) is 11.6. The monoisotopic (exact) mass is 248 g/mol. The number of nitrogens with zero attached hydrogens (tertiary/aromatic N) is 1. The van der Waals surface area contributed by atoms with Gasteiger partial charge in [-0.25, -0.2) is 9.38 Å². The minimum absolute atomic E-state index is 0.138. The summed E-state index contributed by atoms with van der Waals surface area (Å²) in [6.45, 7) is 0. The van der Waals surface area contributed by atoms with E-state index in [2.05, 4.69) is 4.99 Å². The number of halogens is 2. The first-order valence-electron chi connectivity index (χ1n) is 5.01. The third-order valence-corrected chi connectivity index (χ3v) is 2.45. The molecular formula is C13H10ClFN2. The second-order valence-electron chi connectivity index (χ2n) is 3.46. The van der Waals surface area contributed by atoms with Crippen LogP contribution in [0.3, 0.4) is 0 Å². The van der Waals surface area contributed by atoms with Crippen molar-refractivity contribution in [2.45, 2.75) is 0 Å². The van der Waals surface area contributed by atoms with E-state index >= 15 is 0 Å². The van der Waals surface area contributed by atoms with Crippen LogP contribution in [-0.2, 0) is 0 Å². The number of hydrogen-bond acceptors (Lipinski definition) is 1. The molecule has 2 rings (SSSR count). The molecule has 0 amide bonds. The number of aliphatic imine (C=N–C) groups is 1. The fraction of sp³-hybridized carbons (Fsp3) is 0. The van der Waals surface area contributed by atoms with Gasteiger partial charge >= 0.3 is 0 Å². The van der Waals surface area contributed by atoms with Gasteiger partial charge in [-0.05, 0) is 18.2 Å². The maximum atomic E-state index is 13.4. The summed E-state index contributed by atoms with van der Waals surface area (Å²) in [5, 5.41) is 0.422. The van der Waals surface area contributed by atoms with Gasteiger partial charge in [0.1, 0.15) is 17.3 Å². The van der Waals surface area contributed by atoms with Crippen molar-refractivity contribution in [2.24, 2.45) is 10.7 Å². The van der Waals surface area contributed by atoms with Crippen LogP contribution in [-0.4, -0.2) is 5.84 Å². The van der Waals surface area contributed by atoms with E-state index in [4.69, 9.17) is 17.3 Å². The summed E-state index contributed by atoms with van der Waals surface area (Å²) in [5.41, 5.74) is 6.67. The lowest BCUT2D eigenvalue weighted by molar-refractivity contribution is 0.630. The van der Waals surface area contributed by atoms with E-state index in [1.54, 1.807) is 12.1 Å². The minimum Gasteiger partial charge on any atom is -0.383 e. The molecule has 0 heterocycles. The summed E-state index contributed by atoms with van der Waals surface area (Å²) in [6, 6.07) is 13.3. The van der Waals surface area contributed by atoms with Crippen LogP contribution < -0.4 is 5.73 Å². The van der Waals surface area contributed by atoms with Crippen molar-refractivity contribution in [1.82, 2.24) is 0 Å². The summed E-state index contributed by atoms with van der Waals surface area (Å²) in [6.07, 6.45) is 0. The third kappa shape index (κ3) is 2.82. The van der Waals surface area contributed by atoms with Crippen molar-refractivity contribution in [1.29, 1.82) is 0 Å². The fourth-order valence-electron chi connectivity index (χ4n) is 1.37. The molecule has 0 bridgehead atoms. The Morgan fingerprint density at radius 2 is 1.82 bits per heavy atom. The number of benzene rings is 2. The minimum atomic E-state index is -0.451. The van der Waals surface area contributed by atoms with Gasteiger partial charge in [-0.15, -0.1) is 0 Å². The van der Waals surface area contributed by atoms with Crippen LogP contribution in [0.4, 0.5) is 10.1 Å². The molecule has 17 heavy (non-hydrogen) atoms. The van der Waals surface area contributed by atoms with Crippen molar-refractivity contribution >= 4 is 23.1 Å².